The molecule has 17 heavy (non-hydrogen) atoms. The van der Waals surface area contributed by atoms with Crippen molar-refractivity contribution in [3.63, 3.8) is 0 Å². The molecule has 0 radical (unpaired) electrons. The van der Waals surface area contributed by atoms with E-state index in [2.05, 4.69) is 6.92 Å². The first-order chi connectivity index (χ1) is 8.24. The molecule has 2 aromatic rings. The number of fused-ring (bicyclic) bond motifs is 1. The Balaban J connectivity index is 2.58. The molecule has 0 saturated carbocycles. The van der Waals surface area contributed by atoms with Crippen molar-refractivity contribution in [1.82, 2.24) is 0 Å². The van der Waals surface area contributed by atoms with Crippen molar-refractivity contribution in [2.24, 2.45) is 0 Å². The fourth-order valence-corrected chi connectivity index (χ4v) is 2.60. The Hall–Kier alpha value is -1.19. The highest BCUT2D eigenvalue weighted by molar-refractivity contribution is 7.79. The maximum atomic E-state index is 11.1. The minimum Gasteiger partial charge on any atom is -0.768 e. The first-order valence-corrected chi connectivity index (χ1v) is 6.91. The highest BCUT2D eigenvalue weighted by Crippen LogP contribution is 2.25. The lowest BCUT2D eigenvalue weighted by molar-refractivity contribution is 0.538. The van der Waals surface area contributed by atoms with Gasteiger partial charge in [0.2, 0.25) is 0 Å². The first-order valence-electron chi connectivity index (χ1n) is 5.84. The average Bonchev–Trinajstić information content (AvgIpc) is 2.35. The first kappa shape index (κ1) is 12.3. The van der Waals surface area contributed by atoms with Gasteiger partial charge in [0.25, 0.3) is 0 Å². The quantitative estimate of drug-likeness (QED) is 0.777. The van der Waals surface area contributed by atoms with Gasteiger partial charge in [-0.15, -0.1) is 0 Å². The van der Waals surface area contributed by atoms with Gasteiger partial charge in [-0.3, -0.25) is 4.21 Å². The van der Waals surface area contributed by atoms with E-state index in [0.717, 1.165) is 30.0 Å². The molecule has 0 aromatic heterocycles. The van der Waals surface area contributed by atoms with Crippen molar-refractivity contribution < 1.29 is 8.76 Å². The average molecular weight is 247 g/mol. The standard InChI is InChI=1S/C14H16O2S/c1-2-3-6-11-9-10-14(17(15)16)13-8-5-4-7-12(11)13/h4-5,7-10H,2-3,6H2,1H3,(H,15,16)/p-1. The molecule has 0 saturated heterocycles. The number of benzene rings is 2. The van der Waals surface area contributed by atoms with Crippen molar-refractivity contribution in [3.05, 3.63) is 42.0 Å². The molecule has 90 valence electrons. The number of aryl methyl sites for hydroxylation is 1. The second-order valence-electron chi connectivity index (χ2n) is 4.11. The molecule has 0 amide bonds. The summed E-state index contributed by atoms with van der Waals surface area (Å²) < 4.78 is 22.3. The SMILES string of the molecule is CCCCc1ccc(S(=O)[O-])c2ccccc12. The number of rotatable bonds is 4. The predicted molar refractivity (Wildman–Crippen MR) is 69.7 cm³/mol. The fourth-order valence-electron chi connectivity index (χ4n) is 2.06. The summed E-state index contributed by atoms with van der Waals surface area (Å²) in [7, 11) is 0. The van der Waals surface area contributed by atoms with E-state index in [-0.39, 0.29) is 0 Å². The van der Waals surface area contributed by atoms with Gasteiger partial charge in [-0.25, -0.2) is 0 Å². The monoisotopic (exact) mass is 247 g/mol. The molecule has 1 atom stereocenters. The van der Waals surface area contributed by atoms with Crippen LogP contribution in [0.3, 0.4) is 0 Å². The van der Waals surface area contributed by atoms with E-state index in [1.165, 1.54) is 5.56 Å². The van der Waals surface area contributed by atoms with Gasteiger partial charge in [0.15, 0.2) is 0 Å². The van der Waals surface area contributed by atoms with Crippen LogP contribution in [-0.4, -0.2) is 8.76 Å². The topological polar surface area (TPSA) is 40.1 Å². The molecule has 2 nitrogen and oxygen atoms in total. The summed E-state index contributed by atoms with van der Waals surface area (Å²) in [5, 5.41) is 1.89. The maximum absolute atomic E-state index is 11.1. The largest absolute Gasteiger partial charge is 0.768 e. The molecule has 2 rings (SSSR count). The minimum atomic E-state index is -2.17. The van der Waals surface area contributed by atoms with Gasteiger partial charge in [-0.05, 0) is 46.3 Å². The molecule has 3 heteroatoms. The van der Waals surface area contributed by atoms with Gasteiger partial charge in [0.05, 0.1) is 0 Å². The fraction of sp³-hybridized carbons (Fsp3) is 0.286. The van der Waals surface area contributed by atoms with Crippen LogP contribution in [0.2, 0.25) is 0 Å². The van der Waals surface area contributed by atoms with Crippen molar-refractivity contribution in [1.29, 1.82) is 0 Å². The molecular formula is C14H15O2S-. The molecule has 0 aliphatic rings. The lowest BCUT2D eigenvalue weighted by atomic mass is 10.0. The van der Waals surface area contributed by atoms with E-state index in [4.69, 9.17) is 0 Å². The highest BCUT2D eigenvalue weighted by atomic mass is 32.2. The van der Waals surface area contributed by atoms with Crippen LogP contribution in [0.25, 0.3) is 10.8 Å². The van der Waals surface area contributed by atoms with Gasteiger partial charge >= 0.3 is 0 Å². The molecule has 0 spiro atoms. The van der Waals surface area contributed by atoms with Crippen molar-refractivity contribution in [2.75, 3.05) is 0 Å². The number of hydrogen-bond acceptors (Lipinski definition) is 2. The second kappa shape index (κ2) is 5.43. The maximum Gasteiger partial charge on any atom is 0.0327 e. The van der Waals surface area contributed by atoms with E-state index >= 15 is 0 Å². The van der Waals surface area contributed by atoms with Crippen molar-refractivity contribution in [2.45, 2.75) is 31.1 Å². The summed E-state index contributed by atoms with van der Waals surface area (Å²) in [5.41, 5.74) is 1.23. The summed E-state index contributed by atoms with van der Waals surface area (Å²) in [6.45, 7) is 2.16. The van der Waals surface area contributed by atoms with E-state index < -0.39 is 11.1 Å². The van der Waals surface area contributed by atoms with Crippen LogP contribution in [0.4, 0.5) is 0 Å². The van der Waals surface area contributed by atoms with Crippen LogP contribution in [-0.2, 0) is 17.5 Å². The van der Waals surface area contributed by atoms with Gasteiger partial charge in [0.1, 0.15) is 0 Å². The Morgan fingerprint density at radius 1 is 1.12 bits per heavy atom. The minimum absolute atomic E-state index is 0.390. The molecule has 0 aliphatic carbocycles. The van der Waals surface area contributed by atoms with E-state index in [9.17, 15) is 8.76 Å². The van der Waals surface area contributed by atoms with E-state index in [1.807, 2.05) is 30.3 Å². The van der Waals surface area contributed by atoms with Crippen molar-refractivity contribution >= 4 is 21.9 Å². The van der Waals surface area contributed by atoms with E-state index in [1.54, 1.807) is 6.07 Å². The zero-order chi connectivity index (χ0) is 12.3. The van der Waals surface area contributed by atoms with Gasteiger partial charge in [-0.2, -0.15) is 0 Å². The lowest BCUT2D eigenvalue weighted by Gasteiger charge is -2.12. The van der Waals surface area contributed by atoms with Crippen LogP contribution in [0.1, 0.15) is 25.3 Å². The Bertz CT molecular complexity index is 549. The second-order valence-corrected chi connectivity index (χ2v) is 5.02. The Morgan fingerprint density at radius 2 is 1.82 bits per heavy atom. The molecule has 0 bridgehead atoms. The van der Waals surface area contributed by atoms with Crippen LogP contribution in [0, 0.1) is 0 Å². The van der Waals surface area contributed by atoms with Gasteiger partial charge < -0.3 is 4.55 Å². The Labute approximate surface area is 104 Å². The Kier molecular flexibility index (Phi) is 3.92. The van der Waals surface area contributed by atoms with Crippen LogP contribution >= 0.6 is 0 Å². The third-order valence-electron chi connectivity index (χ3n) is 2.95. The molecule has 0 aliphatic heterocycles. The predicted octanol–water partition coefficient (Wildman–Crippen LogP) is 3.42. The molecule has 1 unspecified atom stereocenters. The molecule has 0 N–H and O–H groups in total. The molecular weight excluding hydrogens is 232 g/mol. The number of unbranched alkanes of at least 4 members (excludes halogenated alkanes) is 1. The summed E-state index contributed by atoms with van der Waals surface area (Å²) >= 11 is -2.17. The lowest BCUT2D eigenvalue weighted by Crippen LogP contribution is -1.94. The normalized spacial score (nSPS) is 12.8. The smallest absolute Gasteiger partial charge is 0.0327 e. The van der Waals surface area contributed by atoms with Crippen LogP contribution < -0.4 is 0 Å². The number of hydrogen-bond donors (Lipinski definition) is 0. The summed E-state index contributed by atoms with van der Waals surface area (Å²) in [4.78, 5) is 0.390. The van der Waals surface area contributed by atoms with Crippen molar-refractivity contribution in [3.8, 4) is 0 Å². The summed E-state index contributed by atoms with van der Waals surface area (Å²) in [6.07, 6.45) is 3.27. The zero-order valence-electron chi connectivity index (χ0n) is 9.81. The van der Waals surface area contributed by atoms with Gasteiger partial charge in [0, 0.05) is 4.90 Å². The highest BCUT2D eigenvalue weighted by Gasteiger charge is 2.05. The summed E-state index contributed by atoms with van der Waals surface area (Å²) in [5.74, 6) is 0. The molecule has 0 heterocycles. The third-order valence-corrected chi connectivity index (χ3v) is 3.67. The summed E-state index contributed by atoms with van der Waals surface area (Å²) in [6, 6.07) is 11.3. The van der Waals surface area contributed by atoms with Crippen LogP contribution in [0.5, 0.6) is 0 Å². The zero-order valence-corrected chi connectivity index (χ0v) is 10.6. The third kappa shape index (κ3) is 2.56. The molecule has 2 aromatic carbocycles. The van der Waals surface area contributed by atoms with Gasteiger partial charge in [-0.1, -0.05) is 43.7 Å². The van der Waals surface area contributed by atoms with Crippen LogP contribution in [0.15, 0.2) is 41.3 Å². The van der Waals surface area contributed by atoms with E-state index in [0.29, 0.717) is 4.90 Å². The molecule has 0 fully saturated rings. The Morgan fingerprint density at radius 3 is 2.47 bits per heavy atom.